The fourth-order valence-corrected chi connectivity index (χ4v) is 1.89. The Balaban J connectivity index is 2.59. The van der Waals surface area contributed by atoms with Gasteiger partial charge in [-0.2, -0.15) is 0 Å². The summed E-state index contributed by atoms with van der Waals surface area (Å²) in [5.41, 5.74) is 1.12. The van der Waals surface area contributed by atoms with Gasteiger partial charge in [-0.15, -0.1) is 0 Å². The summed E-state index contributed by atoms with van der Waals surface area (Å²) in [6, 6.07) is 7.78. The number of likely N-dealkylation sites (N-methyl/N-ethyl adjacent to an activating group) is 1. The van der Waals surface area contributed by atoms with Crippen molar-refractivity contribution in [2.45, 2.75) is 32.7 Å². The first-order valence-electron chi connectivity index (χ1n) is 6.32. The lowest BCUT2D eigenvalue weighted by molar-refractivity contribution is -0.137. The summed E-state index contributed by atoms with van der Waals surface area (Å²) in [6.07, 6.45) is 0.855. The molecule has 0 fully saturated rings. The summed E-state index contributed by atoms with van der Waals surface area (Å²) in [5, 5.41) is 12.0. The number of hydrogen-bond donors (Lipinski definition) is 2. The molecule has 0 aliphatic carbocycles. The van der Waals surface area contributed by atoms with Gasteiger partial charge in [0.15, 0.2) is 0 Å². The number of carboxylic acids is 1. The SMILES string of the molecule is CCNC(CC(=O)O)Cc1ccc(OCC)cc1. The zero-order valence-corrected chi connectivity index (χ0v) is 11.0. The van der Waals surface area contributed by atoms with Gasteiger partial charge in [0.05, 0.1) is 13.0 Å². The molecule has 0 saturated heterocycles. The second-order valence-corrected chi connectivity index (χ2v) is 4.13. The maximum Gasteiger partial charge on any atom is 0.304 e. The summed E-state index contributed by atoms with van der Waals surface area (Å²) < 4.78 is 5.37. The minimum atomic E-state index is -0.771. The van der Waals surface area contributed by atoms with Crippen molar-refractivity contribution in [1.29, 1.82) is 0 Å². The predicted octanol–water partition coefficient (Wildman–Crippen LogP) is 2.08. The molecule has 0 aliphatic rings. The van der Waals surface area contributed by atoms with Crippen molar-refractivity contribution >= 4 is 5.97 Å². The average Bonchev–Trinajstić information content (AvgIpc) is 2.31. The third-order valence-corrected chi connectivity index (χ3v) is 2.63. The number of rotatable bonds is 8. The van der Waals surface area contributed by atoms with E-state index in [1.165, 1.54) is 0 Å². The number of ether oxygens (including phenoxy) is 1. The minimum absolute atomic E-state index is 0.0227. The number of aliphatic carboxylic acids is 1. The van der Waals surface area contributed by atoms with Crippen LogP contribution in [0.4, 0.5) is 0 Å². The largest absolute Gasteiger partial charge is 0.494 e. The quantitative estimate of drug-likeness (QED) is 0.742. The first-order chi connectivity index (χ1) is 8.65. The molecule has 0 aliphatic heterocycles. The van der Waals surface area contributed by atoms with Crippen LogP contribution in [0.2, 0.25) is 0 Å². The van der Waals surface area contributed by atoms with Crippen LogP contribution in [0.15, 0.2) is 24.3 Å². The van der Waals surface area contributed by atoms with Gasteiger partial charge >= 0.3 is 5.97 Å². The standard InChI is InChI=1S/C14H21NO3/c1-3-15-12(10-14(16)17)9-11-5-7-13(8-6-11)18-4-2/h5-8,12,15H,3-4,9-10H2,1-2H3,(H,16,17). The van der Waals surface area contributed by atoms with Crippen LogP contribution in [-0.2, 0) is 11.2 Å². The molecule has 1 unspecified atom stereocenters. The molecular weight excluding hydrogens is 230 g/mol. The Morgan fingerprint density at radius 3 is 2.50 bits per heavy atom. The van der Waals surface area contributed by atoms with Crippen LogP contribution >= 0.6 is 0 Å². The molecule has 1 aromatic carbocycles. The van der Waals surface area contributed by atoms with Gasteiger partial charge in [-0.3, -0.25) is 4.79 Å². The number of carboxylic acid groups (broad SMARTS) is 1. The molecule has 100 valence electrons. The second-order valence-electron chi connectivity index (χ2n) is 4.13. The zero-order chi connectivity index (χ0) is 13.4. The van der Waals surface area contributed by atoms with Crippen molar-refractivity contribution in [3.63, 3.8) is 0 Å². The summed E-state index contributed by atoms with van der Waals surface area (Å²) in [5.74, 6) is 0.0753. The van der Waals surface area contributed by atoms with Crippen LogP contribution in [0.3, 0.4) is 0 Å². The molecule has 2 N–H and O–H groups in total. The van der Waals surface area contributed by atoms with Crippen LogP contribution in [0, 0.1) is 0 Å². The Morgan fingerprint density at radius 2 is 2.00 bits per heavy atom. The van der Waals surface area contributed by atoms with E-state index < -0.39 is 5.97 Å². The van der Waals surface area contributed by atoms with Gasteiger partial charge in [-0.25, -0.2) is 0 Å². The first-order valence-corrected chi connectivity index (χ1v) is 6.32. The molecule has 0 saturated carbocycles. The van der Waals surface area contributed by atoms with E-state index in [9.17, 15) is 4.79 Å². The first kappa shape index (κ1) is 14.5. The normalized spacial score (nSPS) is 12.1. The van der Waals surface area contributed by atoms with Crippen LogP contribution in [-0.4, -0.2) is 30.3 Å². The van der Waals surface area contributed by atoms with E-state index in [1.807, 2.05) is 38.1 Å². The molecule has 1 aromatic rings. The molecule has 0 aromatic heterocycles. The van der Waals surface area contributed by atoms with Gasteiger partial charge in [0.1, 0.15) is 5.75 Å². The number of benzene rings is 1. The Kier molecular flexibility index (Phi) is 6.22. The van der Waals surface area contributed by atoms with E-state index in [1.54, 1.807) is 0 Å². The average molecular weight is 251 g/mol. The van der Waals surface area contributed by atoms with E-state index in [-0.39, 0.29) is 12.5 Å². The lowest BCUT2D eigenvalue weighted by atomic mass is 10.0. The molecule has 0 radical (unpaired) electrons. The van der Waals surface area contributed by atoms with Gasteiger partial charge < -0.3 is 15.2 Å². The Hall–Kier alpha value is -1.55. The van der Waals surface area contributed by atoms with Crippen LogP contribution < -0.4 is 10.1 Å². The number of carbonyl (C=O) groups is 1. The second kappa shape index (κ2) is 7.71. The van der Waals surface area contributed by atoms with Gasteiger partial charge in [-0.1, -0.05) is 19.1 Å². The highest BCUT2D eigenvalue weighted by Gasteiger charge is 2.12. The molecule has 0 amide bonds. The topological polar surface area (TPSA) is 58.6 Å². The lowest BCUT2D eigenvalue weighted by Gasteiger charge is -2.16. The Labute approximate surface area is 108 Å². The lowest BCUT2D eigenvalue weighted by Crippen LogP contribution is -2.33. The van der Waals surface area contributed by atoms with Crippen molar-refractivity contribution < 1.29 is 14.6 Å². The third kappa shape index (κ3) is 5.19. The summed E-state index contributed by atoms with van der Waals surface area (Å²) in [4.78, 5) is 10.8. The maximum atomic E-state index is 10.8. The fourth-order valence-electron chi connectivity index (χ4n) is 1.89. The van der Waals surface area contributed by atoms with Gasteiger partial charge in [-0.05, 0) is 37.6 Å². The van der Waals surface area contributed by atoms with E-state index in [0.29, 0.717) is 13.0 Å². The highest BCUT2D eigenvalue weighted by Crippen LogP contribution is 2.14. The molecule has 18 heavy (non-hydrogen) atoms. The number of nitrogens with one attached hydrogen (secondary N) is 1. The van der Waals surface area contributed by atoms with Crippen molar-refractivity contribution in [3.05, 3.63) is 29.8 Å². The van der Waals surface area contributed by atoms with Crippen LogP contribution in [0.5, 0.6) is 5.75 Å². The van der Waals surface area contributed by atoms with Crippen LogP contribution in [0.25, 0.3) is 0 Å². The van der Waals surface area contributed by atoms with Crippen LogP contribution in [0.1, 0.15) is 25.8 Å². The maximum absolute atomic E-state index is 10.8. The zero-order valence-electron chi connectivity index (χ0n) is 11.0. The van der Waals surface area contributed by atoms with Gasteiger partial charge in [0.2, 0.25) is 0 Å². The summed E-state index contributed by atoms with van der Waals surface area (Å²) in [7, 11) is 0. The highest BCUT2D eigenvalue weighted by atomic mass is 16.5. The minimum Gasteiger partial charge on any atom is -0.494 e. The summed E-state index contributed by atoms with van der Waals surface area (Å²) >= 11 is 0. The van der Waals surface area contributed by atoms with Crippen molar-refractivity contribution in [2.75, 3.05) is 13.2 Å². The van der Waals surface area contributed by atoms with Gasteiger partial charge in [0.25, 0.3) is 0 Å². The molecule has 4 nitrogen and oxygen atoms in total. The number of hydrogen-bond acceptors (Lipinski definition) is 3. The molecule has 4 heteroatoms. The smallest absolute Gasteiger partial charge is 0.304 e. The van der Waals surface area contributed by atoms with E-state index in [0.717, 1.165) is 17.9 Å². The molecule has 1 atom stereocenters. The van der Waals surface area contributed by atoms with Crippen molar-refractivity contribution in [3.8, 4) is 5.75 Å². The molecular formula is C14H21NO3. The monoisotopic (exact) mass is 251 g/mol. The molecule has 1 rings (SSSR count). The third-order valence-electron chi connectivity index (χ3n) is 2.63. The van der Waals surface area contributed by atoms with E-state index in [2.05, 4.69) is 5.32 Å². The van der Waals surface area contributed by atoms with E-state index >= 15 is 0 Å². The molecule has 0 heterocycles. The molecule has 0 bridgehead atoms. The molecule has 0 spiro atoms. The highest BCUT2D eigenvalue weighted by molar-refractivity contribution is 5.67. The predicted molar refractivity (Wildman–Crippen MR) is 71.0 cm³/mol. The van der Waals surface area contributed by atoms with E-state index in [4.69, 9.17) is 9.84 Å². The van der Waals surface area contributed by atoms with Crippen molar-refractivity contribution in [2.24, 2.45) is 0 Å². The Bertz CT molecular complexity index is 362. The van der Waals surface area contributed by atoms with Crippen molar-refractivity contribution in [1.82, 2.24) is 5.32 Å². The summed E-state index contributed by atoms with van der Waals surface area (Å²) in [6.45, 7) is 5.35. The fraction of sp³-hybridized carbons (Fsp3) is 0.500. The van der Waals surface area contributed by atoms with Gasteiger partial charge in [0, 0.05) is 6.04 Å². The Morgan fingerprint density at radius 1 is 1.33 bits per heavy atom.